The average Bonchev–Trinajstić information content (AvgIpc) is 3.10. The van der Waals surface area contributed by atoms with E-state index in [-0.39, 0.29) is 11.8 Å². The van der Waals surface area contributed by atoms with E-state index in [1.54, 1.807) is 10.9 Å². The highest BCUT2D eigenvalue weighted by Gasteiger charge is 2.20. The molecule has 0 unspecified atom stereocenters. The fourth-order valence-electron chi connectivity index (χ4n) is 3.53. The number of carbonyl (C=O) groups is 1. The van der Waals surface area contributed by atoms with Crippen molar-refractivity contribution >= 4 is 16.9 Å². The Morgan fingerprint density at radius 1 is 0.889 bits per heavy atom. The molecule has 0 spiro atoms. The number of hydrogen-bond donors (Lipinski definition) is 0. The highest BCUT2D eigenvalue weighted by atomic mass is 16.2. The molecule has 3 nitrogen and oxygen atoms in total. The van der Waals surface area contributed by atoms with Crippen LogP contribution in [0.25, 0.3) is 11.0 Å². The number of hydrogen-bond acceptors (Lipinski definition) is 2. The minimum absolute atomic E-state index is 0.0175. The topological polar surface area (TPSA) is 34.9 Å². The van der Waals surface area contributed by atoms with Crippen molar-refractivity contribution in [2.75, 3.05) is 0 Å². The van der Waals surface area contributed by atoms with Crippen molar-refractivity contribution in [3.8, 4) is 0 Å². The zero-order chi connectivity index (χ0) is 18.8. The van der Waals surface area contributed by atoms with Crippen LogP contribution in [0.3, 0.4) is 0 Å². The number of carbonyl (C=O) groups excluding carboxylic acids is 1. The molecular formula is C24H22N2O. The molecule has 0 atom stereocenters. The fraction of sp³-hybridized carbons (Fsp3) is 0.167. The van der Waals surface area contributed by atoms with Gasteiger partial charge in [0.25, 0.3) is 0 Å². The Kier molecular flexibility index (Phi) is 4.59. The van der Waals surface area contributed by atoms with Gasteiger partial charge in [-0.05, 0) is 48.2 Å². The maximum absolute atomic E-state index is 13.2. The van der Waals surface area contributed by atoms with E-state index in [0.717, 1.165) is 22.2 Å². The number of benzene rings is 3. The van der Waals surface area contributed by atoms with Crippen molar-refractivity contribution in [3.63, 3.8) is 0 Å². The van der Waals surface area contributed by atoms with Crippen LogP contribution in [0.15, 0.2) is 79.1 Å². The van der Waals surface area contributed by atoms with Crippen molar-refractivity contribution < 1.29 is 4.79 Å². The molecule has 0 N–H and O–H groups in total. The van der Waals surface area contributed by atoms with Gasteiger partial charge in [0.05, 0.1) is 11.0 Å². The second kappa shape index (κ2) is 7.20. The number of imidazole rings is 1. The zero-order valence-electron chi connectivity index (χ0n) is 15.6. The quantitative estimate of drug-likeness (QED) is 0.484. The van der Waals surface area contributed by atoms with Gasteiger partial charge in [0.2, 0.25) is 5.91 Å². The summed E-state index contributed by atoms with van der Waals surface area (Å²) in [5.74, 6) is 0.0716. The molecule has 4 aromatic rings. The number of nitrogens with zero attached hydrogens (tertiary/aromatic N) is 2. The van der Waals surface area contributed by atoms with Gasteiger partial charge in [-0.1, -0.05) is 60.7 Å². The summed E-state index contributed by atoms with van der Waals surface area (Å²) in [7, 11) is 0. The molecule has 0 bridgehead atoms. The van der Waals surface area contributed by atoms with Gasteiger partial charge in [0.1, 0.15) is 6.33 Å². The van der Waals surface area contributed by atoms with Crippen molar-refractivity contribution in [1.29, 1.82) is 0 Å². The van der Waals surface area contributed by atoms with E-state index in [1.165, 1.54) is 11.1 Å². The standard InChI is InChI=1S/C24H22N2O/c1-17-13-22-23(14-18(17)2)26(16-25-22)24(27)15-21(19-9-5-3-6-10-19)20-11-7-4-8-12-20/h3-14,16,21H,15H2,1-2H3. The lowest BCUT2D eigenvalue weighted by Gasteiger charge is -2.18. The second-order valence-electron chi connectivity index (χ2n) is 7.01. The number of aryl methyl sites for hydroxylation is 2. The third kappa shape index (κ3) is 3.41. The molecular weight excluding hydrogens is 332 g/mol. The van der Waals surface area contributed by atoms with Crippen molar-refractivity contribution in [2.45, 2.75) is 26.2 Å². The van der Waals surface area contributed by atoms with Crippen molar-refractivity contribution in [1.82, 2.24) is 9.55 Å². The molecule has 4 rings (SSSR count). The summed E-state index contributed by atoms with van der Waals surface area (Å²) >= 11 is 0. The summed E-state index contributed by atoms with van der Waals surface area (Å²) < 4.78 is 1.70. The Morgan fingerprint density at radius 3 is 2.04 bits per heavy atom. The van der Waals surface area contributed by atoms with E-state index in [4.69, 9.17) is 0 Å². The van der Waals surface area contributed by atoms with E-state index >= 15 is 0 Å². The van der Waals surface area contributed by atoms with Gasteiger partial charge in [-0.25, -0.2) is 4.98 Å². The van der Waals surface area contributed by atoms with Crippen LogP contribution in [0.1, 0.15) is 39.4 Å². The fourth-order valence-corrected chi connectivity index (χ4v) is 3.53. The van der Waals surface area contributed by atoms with E-state index in [2.05, 4.69) is 49.2 Å². The summed E-state index contributed by atoms with van der Waals surface area (Å²) in [6, 6.07) is 24.5. The first kappa shape index (κ1) is 17.2. The first-order valence-corrected chi connectivity index (χ1v) is 9.21. The van der Waals surface area contributed by atoms with Crippen LogP contribution < -0.4 is 0 Å². The lowest BCUT2D eigenvalue weighted by Crippen LogP contribution is -2.15. The maximum Gasteiger partial charge on any atom is 0.233 e. The minimum Gasteiger partial charge on any atom is -0.274 e. The Balaban J connectivity index is 1.72. The van der Waals surface area contributed by atoms with Crippen LogP contribution in [0, 0.1) is 13.8 Å². The van der Waals surface area contributed by atoms with Gasteiger partial charge in [-0.15, -0.1) is 0 Å². The molecule has 0 aliphatic heterocycles. The summed E-state index contributed by atoms with van der Waals surface area (Å²) in [4.78, 5) is 17.6. The van der Waals surface area contributed by atoms with Crippen LogP contribution in [0.4, 0.5) is 0 Å². The third-order valence-electron chi connectivity index (χ3n) is 5.21. The molecule has 134 valence electrons. The van der Waals surface area contributed by atoms with E-state index < -0.39 is 0 Å². The summed E-state index contributed by atoms with van der Waals surface area (Å²) in [5, 5.41) is 0. The van der Waals surface area contributed by atoms with Gasteiger partial charge >= 0.3 is 0 Å². The molecule has 0 radical (unpaired) electrons. The molecule has 0 aliphatic rings. The lowest BCUT2D eigenvalue weighted by atomic mass is 9.88. The van der Waals surface area contributed by atoms with Gasteiger partial charge in [-0.3, -0.25) is 9.36 Å². The van der Waals surface area contributed by atoms with Gasteiger partial charge in [-0.2, -0.15) is 0 Å². The number of fused-ring (bicyclic) bond motifs is 1. The zero-order valence-corrected chi connectivity index (χ0v) is 15.6. The first-order valence-electron chi connectivity index (χ1n) is 9.21. The molecule has 0 aliphatic carbocycles. The van der Waals surface area contributed by atoms with E-state index in [9.17, 15) is 4.79 Å². The molecule has 3 aromatic carbocycles. The van der Waals surface area contributed by atoms with Crippen molar-refractivity contribution in [3.05, 3.63) is 101 Å². The summed E-state index contributed by atoms with van der Waals surface area (Å²) in [6.07, 6.45) is 2.05. The largest absolute Gasteiger partial charge is 0.274 e. The summed E-state index contributed by atoms with van der Waals surface area (Å²) in [6.45, 7) is 4.13. The van der Waals surface area contributed by atoms with Gasteiger partial charge in [0.15, 0.2) is 0 Å². The molecule has 1 aromatic heterocycles. The summed E-state index contributed by atoms with van der Waals surface area (Å²) in [5.41, 5.74) is 6.39. The Hall–Kier alpha value is -3.20. The highest BCUT2D eigenvalue weighted by Crippen LogP contribution is 2.29. The Labute approximate surface area is 159 Å². The second-order valence-corrected chi connectivity index (χ2v) is 7.01. The maximum atomic E-state index is 13.2. The first-order chi connectivity index (χ1) is 13.1. The molecule has 0 saturated heterocycles. The van der Waals surface area contributed by atoms with Crippen LogP contribution in [0.5, 0.6) is 0 Å². The smallest absolute Gasteiger partial charge is 0.233 e. The van der Waals surface area contributed by atoms with Crippen LogP contribution >= 0.6 is 0 Å². The Morgan fingerprint density at radius 2 is 1.44 bits per heavy atom. The lowest BCUT2D eigenvalue weighted by molar-refractivity contribution is 0.0902. The predicted molar refractivity (Wildman–Crippen MR) is 109 cm³/mol. The number of aromatic nitrogens is 2. The SMILES string of the molecule is Cc1cc2ncn(C(=O)CC(c3ccccc3)c3ccccc3)c2cc1C. The molecule has 0 fully saturated rings. The third-order valence-corrected chi connectivity index (χ3v) is 5.21. The predicted octanol–water partition coefficient (Wildman–Crippen LogP) is 5.52. The molecule has 0 amide bonds. The van der Waals surface area contributed by atoms with E-state index in [1.807, 2.05) is 42.5 Å². The molecule has 1 heterocycles. The molecule has 27 heavy (non-hydrogen) atoms. The molecule has 3 heteroatoms. The minimum atomic E-state index is 0.0175. The van der Waals surface area contributed by atoms with E-state index in [0.29, 0.717) is 6.42 Å². The van der Waals surface area contributed by atoms with Crippen LogP contribution in [-0.4, -0.2) is 15.5 Å². The van der Waals surface area contributed by atoms with Crippen LogP contribution in [-0.2, 0) is 0 Å². The van der Waals surface area contributed by atoms with Gasteiger partial charge < -0.3 is 0 Å². The highest BCUT2D eigenvalue weighted by molar-refractivity contribution is 5.91. The normalized spacial score (nSPS) is 11.2. The average molecular weight is 354 g/mol. The van der Waals surface area contributed by atoms with Crippen molar-refractivity contribution in [2.24, 2.45) is 0 Å². The monoisotopic (exact) mass is 354 g/mol. The molecule has 0 saturated carbocycles. The van der Waals surface area contributed by atoms with Gasteiger partial charge in [0, 0.05) is 12.3 Å². The van der Waals surface area contributed by atoms with Crippen LogP contribution in [0.2, 0.25) is 0 Å². The number of rotatable bonds is 4. The Bertz CT molecular complexity index is 1040.